The van der Waals surface area contributed by atoms with Crippen LogP contribution in [0.2, 0.25) is 0 Å². The molecule has 0 aliphatic carbocycles. The summed E-state index contributed by atoms with van der Waals surface area (Å²) in [6.07, 6.45) is 5.63. The van der Waals surface area contributed by atoms with Gasteiger partial charge in [-0.1, -0.05) is 18.2 Å². The highest BCUT2D eigenvalue weighted by Gasteiger charge is 1.93. The number of methoxy groups -OCH3 is 1. The normalized spacial score (nSPS) is 12.1. The lowest BCUT2D eigenvalue weighted by Crippen LogP contribution is -1.99. The van der Waals surface area contributed by atoms with E-state index in [2.05, 4.69) is 0 Å². The Morgan fingerprint density at radius 1 is 1.50 bits per heavy atom. The number of hydrogen-bond acceptors (Lipinski definition) is 2. The van der Waals surface area contributed by atoms with Gasteiger partial charge >= 0.3 is 0 Å². The molecular formula is C8H13NO. The molecule has 0 saturated carbocycles. The molecule has 0 aromatic carbocycles. The molecule has 0 radical (unpaired) electrons. The van der Waals surface area contributed by atoms with Gasteiger partial charge in [0.05, 0.1) is 7.11 Å². The molecule has 0 unspecified atom stereocenters. The van der Waals surface area contributed by atoms with Crippen LogP contribution in [-0.4, -0.2) is 13.0 Å². The van der Waals surface area contributed by atoms with E-state index in [4.69, 9.17) is 10.1 Å². The fourth-order valence-corrected chi connectivity index (χ4v) is 0.477. The third-order valence-electron chi connectivity index (χ3n) is 1.10. The predicted octanol–water partition coefficient (Wildman–Crippen LogP) is 2.13. The largest absolute Gasteiger partial charge is 0.481 e. The fourth-order valence-electron chi connectivity index (χ4n) is 0.477. The number of allylic oxidation sites excluding steroid dienone is 3. The van der Waals surface area contributed by atoms with E-state index < -0.39 is 0 Å². The van der Waals surface area contributed by atoms with Crippen LogP contribution in [0.1, 0.15) is 13.8 Å². The van der Waals surface area contributed by atoms with Crippen molar-refractivity contribution in [1.82, 2.24) is 0 Å². The number of hydrogen-bond donors (Lipinski definition) is 1. The van der Waals surface area contributed by atoms with E-state index in [0.717, 1.165) is 5.57 Å². The third kappa shape index (κ3) is 3.07. The van der Waals surface area contributed by atoms with Gasteiger partial charge in [0.1, 0.15) is 0 Å². The van der Waals surface area contributed by atoms with Crippen molar-refractivity contribution in [2.24, 2.45) is 0 Å². The van der Waals surface area contributed by atoms with Crippen LogP contribution in [-0.2, 0) is 4.74 Å². The van der Waals surface area contributed by atoms with E-state index in [-0.39, 0.29) is 5.90 Å². The van der Waals surface area contributed by atoms with Gasteiger partial charge in [-0.25, -0.2) is 0 Å². The van der Waals surface area contributed by atoms with Crippen LogP contribution in [0.25, 0.3) is 0 Å². The Labute approximate surface area is 61.7 Å². The molecule has 0 rings (SSSR count). The van der Waals surface area contributed by atoms with Crippen LogP contribution in [0.5, 0.6) is 0 Å². The summed E-state index contributed by atoms with van der Waals surface area (Å²) >= 11 is 0. The average molecular weight is 139 g/mol. The first kappa shape index (κ1) is 8.95. The Morgan fingerprint density at radius 3 is 2.50 bits per heavy atom. The van der Waals surface area contributed by atoms with Gasteiger partial charge in [-0.2, -0.15) is 0 Å². The van der Waals surface area contributed by atoms with Gasteiger partial charge in [0.25, 0.3) is 0 Å². The Kier molecular flexibility index (Phi) is 4.29. The number of ether oxygens (including phenoxy) is 1. The Morgan fingerprint density at radius 2 is 2.10 bits per heavy atom. The summed E-state index contributed by atoms with van der Waals surface area (Å²) in [4.78, 5) is 0. The summed E-state index contributed by atoms with van der Waals surface area (Å²) in [7, 11) is 1.50. The van der Waals surface area contributed by atoms with E-state index >= 15 is 0 Å². The highest BCUT2D eigenvalue weighted by molar-refractivity contribution is 5.90. The molecule has 0 heterocycles. The SMILES string of the molecule is C/C=C\C=C(\C)C(=N)OC. The van der Waals surface area contributed by atoms with Crippen molar-refractivity contribution in [2.75, 3.05) is 7.11 Å². The second-order valence-electron chi connectivity index (χ2n) is 1.91. The first-order valence-corrected chi connectivity index (χ1v) is 3.15. The zero-order valence-corrected chi connectivity index (χ0v) is 6.64. The van der Waals surface area contributed by atoms with E-state index in [1.807, 2.05) is 32.1 Å². The first-order valence-electron chi connectivity index (χ1n) is 3.15. The van der Waals surface area contributed by atoms with Crippen LogP contribution < -0.4 is 0 Å². The molecule has 0 fully saturated rings. The fraction of sp³-hybridized carbons (Fsp3) is 0.375. The van der Waals surface area contributed by atoms with Crippen molar-refractivity contribution in [3.05, 3.63) is 23.8 Å². The molecule has 2 nitrogen and oxygen atoms in total. The number of nitrogens with one attached hydrogen (secondary N) is 1. The van der Waals surface area contributed by atoms with E-state index in [9.17, 15) is 0 Å². The molecule has 0 bridgehead atoms. The molecule has 0 aliphatic heterocycles. The van der Waals surface area contributed by atoms with Crippen molar-refractivity contribution >= 4 is 5.90 Å². The van der Waals surface area contributed by atoms with E-state index in [0.29, 0.717) is 0 Å². The van der Waals surface area contributed by atoms with Gasteiger partial charge in [-0.15, -0.1) is 0 Å². The maximum Gasteiger partial charge on any atom is 0.208 e. The Hall–Kier alpha value is -1.05. The monoisotopic (exact) mass is 139 g/mol. The number of rotatable bonds is 2. The molecule has 0 amide bonds. The maximum absolute atomic E-state index is 7.20. The van der Waals surface area contributed by atoms with Gasteiger partial charge in [0.2, 0.25) is 5.90 Å². The quantitative estimate of drug-likeness (QED) is 0.355. The van der Waals surface area contributed by atoms with Crippen molar-refractivity contribution in [3.63, 3.8) is 0 Å². The summed E-state index contributed by atoms with van der Waals surface area (Å²) in [5, 5.41) is 7.20. The van der Waals surface area contributed by atoms with Crippen LogP contribution in [0.3, 0.4) is 0 Å². The third-order valence-corrected chi connectivity index (χ3v) is 1.10. The minimum atomic E-state index is 0.220. The molecule has 1 N–H and O–H groups in total. The van der Waals surface area contributed by atoms with Gasteiger partial charge in [0.15, 0.2) is 0 Å². The maximum atomic E-state index is 7.20. The lowest BCUT2D eigenvalue weighted by molar-refractivity contribution is 0.400. The molecule has 0 aromatic heterocycles. The molecule has 2 heteroatoms. The topological polar surface area (TPSA) is 33.1 Å². The van der Waals surface area contributed by atoms with Crippen molar-refractivity contribution < 1.29 is 4.74 Å². The van der Waals surface area contributed by atoms with Crippen LogP contribution >= 0.6 is 0 Å². The highest BCUT2D eigenvalue weighted by atomic mass is 16.5. The Bertz CT molecular complexity index is 168. The lowest BCUT2D eigenvalue weighted by Gasteiger charge is -1.98. The summed E-state index contributed by atoms with van der Waals surface area (Å²) in [6.45, 7) is 3.77. The molecule has 0 saturated heterocycles. The zero-order valence-electron chi connectivity index (χ0n) is 6.64. The Balaban J connectivity index is 4.05. The second kappa shape index (κ2) is 4.79. The van der Waals surface area contributed by atoms with Crippen LogP contribution in [0, 0.1) is 5.41 Å². The molecule has 0 aliphatic rings. The molecule has 10 heavy (non-hydrogen) atoms. The molecule has 0 aromatic rings. The molecular weight excluding hydrogens is 126 g/mol. The minimum Gasteiger partial charge on any atom is -0.481 e. The summed E-state index contributed by atoms with van der Waals surface area (Å²) in [6, 6.07) is 0. The summed E-state index contributed by atoms with van der Waals surface area (Å²) in [5.74, 6) is 0.220. The summed E-state index contributed by atoms with van der Waals surface area (Å²) < 4.78 is 4.69. The van der Waals surface area contributed by atoms with E-state index in [1.165, 1.54) is 7.11 Å². The van der Waals surface area contributed by atoms with Crippen molar-refractivity contribution in [3.8, 4) is 0 Å². The molecule has 0 atom stereocenters. The minimum absolute atomic E-state index is 0.220. The van der Waals surface area contributed by atoms with Gasteiger partial charge in [0, 0.05) is 5.57 Å². The summed E-state index contributed by atoms with van der Waals surface area (Å²) in [5.41, 5.74) is 0.834. The first-order chi connectivity index (χ1) is 4.72. The average Bonchev–Trinajstić information content (AvgIpc) is 1.98. The highest BCUT2D eigenvalue weighted by Crippen LogP contribution is 1.95. The van der Waals surface area contributed by atoms with Crippen LogP contribution in [0.4, 0.5) is 0 Å². The lowest BCUT2D eigenvalue weighted by atomic mass is 10.3. The van der Waals surface area contributed by atoms with Gasteiger partial charge in [-0.3, -0.25) is 5.41 Å². The van der Waals surface area contributed by atoms with Crippen molar-refractivity contribution in [2.45, 2.75) is 13.8 Å². The van der Waals surface area contributed by atoms with E-state index in [1.54, 1.807) is 0 Å². The van der Waals surface area contributed by atoms with Gasteiger partial charge < -0.3 is 4.74 Å². The second-order valence-corrected chi connectivity index (χ2v) is 1.91. The smallest absolute Gasteiger partial charge is 0.208 e. The zero-order chi connectivity index (χ0) is 7.98. The standard InChI is InChI=1S/C8H13NO/c1-4-5-6-7(2)8(9)10-3/h4-6,9H,1-3H3/b5-4-,7-6-,9-8?. The molecule has 0 spiro atoms. The van der Waals surface area contributed by atoms with Gasteiger partial charge in [-0.05, 0) is 13.8 Å². The van der Waals surface area contributed by atoms with Crippen molar-refractivity contribution in [1.29, 1.82) is 5.41 Å². The molecule has 56 valence electrons. The van der Waals surface area contributed by atoms with Crippen LogP contribution in [0.15, 0.2) is 23.8 Å². The predicted molar refractivity (Wildman–Crippen MR) is 43.3 cm³/mol.